The summed E-state index contributed by atoms with van der Waals surface area (Å²) in [6.07, 6.45) is -3.28. The van der Waals surface area contributed by atoms with Crippen LogP contribution in [0.4, 0.5) is 19.1 Å². The maximum Gasteiger partial charge on any atom is 0.490 e. The summed E-state index contributed by atoms with van der Waals surface area (Å²) in [5.41, 5.74) is 1.93. The molecular weight excluding hydrogens is 373 g/mol. The van der Waals surface area contributed by atoms with Crippen molar-refractivity contribution in [2.75, 3.05) is 32.1 Å². The summed E-state index contributed by atoms with van der Waals surface area (Å²) in [7, 11) is 3.72. The number of rotatable bonds is 4. The molecule has 0 atom stereocenters. The summed E-state index contributed by atoms with van der Waals surface area (Å²) in [5, 5.41) is 13.3. The zero-order valence-corrected chi connectivity index (χ0v) is 14.8. The molecule has 1 fully saturated rings. The lowest BCUT2D eigenvalue weighted by molar-refractivity contribution is -0.192. The van der Waals surface area contributed by atoms with Crippen LogP contribution in [-0.4, -0.2) is 60.5 Å². The number of hydrogen-bond donors (Lipinski definition) is 2. The Morgan fingerprint density at radius 2 is 2.08 bits per heavy atom. The second kappa shape index (κ2) is 8.32. The molecule has 26 heavy (non-hydrogen) atoms. The number of carboxylic acids is 1. The number of methoxy groups -OCH3 is 1. The van der Waals surface area contributed by atoms with Crippen LogP contribution in [0, 0.1) is 0 Å². The van der Waals surface area contributed by atoms with Crippen LogP contribution >= 0.6 is 11.3 Å². The summed E-state index contributed by atoms with van der Waals surface area (Å²) in [6.45, 7) is 1.98. The number of likely N-dealkylation sites (N-methyl/N-ethyl adjacent to an activating group) is 1. The Labute approximate surface area is 151 Å². The predicted octanol–water partition coefficient (Wildman–Crippen LogP) is 2.25. The van der Waals surface area contributed by atoms with Crippen molar-refractivity contribution in [3.8, 4) is 16.3 Å². The highest BCUT2D eigenvalue weighted by Gasteiger charge is 2.38. The largest absolute Gasteiger partial charge is 0.490 e. The second-order valence-electron chi connectivity index (χ2n) is 5.29. The van der Waals surface area contributed by atoms with Gasteiger partial charge < -0.3 is 20.1 Å². The number of carboxylic acid groups (broad SMARTS) is 1. The molecule has 142 valence electrons. The van der Waals surface area contributed by atoms with E-state index in [0.717, 1.165) is 35.4 Å². The van der Waals surface area contributed by atoms with E-state index in [1.807, 2.05) is 24.6 Å². The molecule has 1 aliphatic rings. The number of nitrogens with one attached hydrogen (secondary N) is 1. The number of aliphatic carboxylic acids is 1. The van der Waals surface area contributed by atoms with E-state index in [1.54, 1.807) is 24.6 Å². The van der Waals surface area contributed by atoms with Crippen LogP contribution in [0.15, 0.2) is 23.7 Å². The van der Waals surface area contributed by atoms with Gasteiger partial charge in [0.1, 0.15) is 0 Å². The maximum atomic E-state index is 10.6. The van der Waals surface area contributed by atoms with Gasteiger partial charge in [-0.2, -0.15) is 13.2 Å². The summed E-state index contributed by atoms with van der Waals surface area (Å²) in [6, 6.07) is 4.43. The van der Waals surface area contributed by atoms with Gasteiger partial charge >= 0.3 is 12.1 Å². The highest BCUT2D eigenvalue weighted by molar-refractivity contribution is 7.12. The van der Waals surface area contributed by atoms with Gasteiger partial charge in [-0.25, -0.2) is 14.8 Å². The first-order valence-corrected chi connectivity index (χ1v) is 8.30. The third kappa shape index (κ3) is 4.82. The standard InChI is InChI=1S/C13H16N4OS.C2HF3O2/c1-17(9-7-14-8-9)13-15-5-3-11(16-13)10-4-6-19-12(10)18-2;3-2(4,5)1(6)7/h3-6,9,14H,7-8H2,1-2H3;(H,6,7). The Morgan fingerprint density at radius 3 is 2.58 bits per heavy atom. The predicted molar refractivity (Wildman–Crippen MR) is 90.6 cm³/mol. The average molecular weight is 390 g/mol. The molecule has 0 bridgehead atoms. The number of carbonyl (C=O) groups is 1. The number of alkyl halides is 3. The second-order valence-corrected chi connectivity index (χ2v) is 6.17. The van der Waals surface area contributed by atoms with E-state index in [1.165, 1.54) is 0 Å². The van der Waals surface area contributed by atoms with Crippen molar-refractivity contribution in [3.63, 3.8) is 0 Å². The maximum absolute atomic E-state index is 10.6. The number of thiophene rings is 1. The van der Waals surface area contributed by atoms with Crippen molar-refractivity contribution in [2.24, 2.45) is 0 Å². The molecule has 1 aliphatic heterocycles. The number of ether oxygens (including phenoxy) is 1. The Bertz CT molecular complexity index is 750. The molecule has 11 heteroatoms. The van der Waals surface area contributed by atoms with Crippen LogP contribution in [0.2, 0.25) is 0 Å². The Hall–Kier alpha value is -2.40. The van der Waals surface area contributed by atoms with Gasteiger partial charge in [0.2, 0.25) is 5.95 Å². The summed E-state index contributed by atoms with van der Waals surface area (Å²) in [5.74, 6) is -2.00. The van der Waals surface area contributed by atoms with Crippen LogP contribution in [0.25, 0.3) is 11.3 Å². The summed E-state index contributed by atoms with van der Waals surface area (Å²) >= 11 is 1.57. The van der Waals surface area contributed by atoms with E-state index in [9.17, 15) is 13.2 Å². The number of halogens is 3. The lowest BCUT2D eigenvalue weighted by atomic mass is 10.1. The highest BCUT2D eigenvalue weighted by atomic mass is 32.1. The van der Waals surface area contributed by atoms with E-state index in [2.05, 4.69) is 20.2 Å². The van der Waals surface area contributed by atoms with E-state index in [0.29, 0.717) is 6.04 Å². The normalized spacial score (nSPS) is 14.0. The highest BCUT2D eigenvalue weighted by Crippen LogP contribution is 2.34. The van der Waals surface area contributed by atoms with Gasteiger partial charge in [0.05, 0.1) is 24.4 Å². The molecule has 7 nitrogen and oxygen atoms in total. The van der Waals surface area contributed by atoms with Crippen molar-refractivity contribution >= 4 is 23.3 Å². The zero-order valence-electron chi connectivity index (χ0n) is 13.9. The molecule has 1 saturated heterocycles. The van der Waals surface area contributed by atoms with Crippen molar-refractivity contribution in [1.82, 2.24) is 15.3 Å². The van der Waals surface area contributed by atoms with Crippen LogP contribution in [0.3, 0.4) is 0 Å². The average Bonchev–Trinajstić information content (AvgIpc) is 3.01. The molecule has 0 radical (unpaired) electrons. The van der Waals surface area contributed by atoms with E-state index >= 15 is 0 Å². The number of nitrogens with zero attached hydrogens (tertiary/aromatic N) is 3. The first-order chi connectivity index (χ1) is 12.2. The summed E-state index contributed by atoms with van der Waals surface area (Å²) in [4.78, 5) is 20.0. The van der Waals surface area contributed by atoms with Crippen LogP contribution < -0.4 is 15.0 Å². The van der Waals surface area contributed by atoms with E-state index in [4.69, 9.17) is 14.6 Å². The molecule has 3 heterocycles. The topological polar surface area (TPSA) is 87.6 Å². The van der Waals surface area contributed by atoms with Gasteiger partial charge in [-0.1, -0.05) is 0 Å². The molecule has 0 saturated carbocycles. The lowest BCUT2D eigenvalue weighted by Crippen LogP contribution is -2.56. The van der Waals surface area contributed by atoms with Crippen molar-refractivity contribution in [2.45, 2.75) is 12.2 Å². The SMILES string of the molecule is COc1sccc1-c1ccnc(N(C)C2CNC2)n1.O=C(O)C(F)(F)F. The Kier molecular flexibility index (Phi) is 6.37. The van der Waals surface area contributed by atoms with Crippen LogP contribution in [0.5, 0.6) is 5.06 Å². The molecular formula is C15H17F3N4O3S. The van der Waals surface area contributed by atoms with Crippen molar-refractivity contribution in [1.29, 1.82) is 0 Å². The van der Waals surface area contributed by atoms with Crippen LogP contribution in [0.1, 0.15) is 0 Å². The van der Waals surface area contributed by atoms with Gasteiger partial charge in [0.15, 0.2) is 5.06 Å². The minimum atomic E-state index is -5.08. The Morgan fingerprint density at radius 1 is 1.42 bits per heavy atom. The number of anilines is 1. The van der Waals surface area contributed by atoms with Crippen molar-refractivity contribution < 1.29 is 27.8 Å². The van der Waals surface area contributed by atoms with Gasteiger partial charge in [-0.3, -0.25) is 0 Å². The van der Waals surface area contributed by atoms with Gasteiger partial charge in [0.25, 0.3) is 0 Å². The fraction of sp³-hybridized carbons (Fsp3) is 0.400. The van der Waals surface area contributed by atoms with E-state index < -0.39 is 12.1 Å². The van der Waals surface area contributed by atoms with Gasteiger partial charge in [0, 0.05) is 26.3 Å². The summed E-state index contributed by atoms with van der Waals surface area (Å²) < 4.78 is 37.1. The van der Waals surface area contributed by atoms with E-state index in [-0.39, 0.29) is 0 Å². The van der Waals surface area contributed by atoms with Gasteiger partial charge in [-0.15, -0.1) is 11.3 Å². The quantitative estimate of drug-likeness (QED) is 0.828. The molecule has 0 aromatic carbocycles. The molecule has 2 N–H and O–H groups in total. The lowest BCUT2D eigenvalue weighted by Gasteiger charge is -2.35. The van der Waals surface area contributed by atoms with Gasteiger partial charge in [-0.05, 0) is 17.5 Å². The number of hydrogen-bond acceptors (Lipinski definition) is 7. The molecule has 2 aromatic heterocycles. The fourth-order valence-electron chi connectivity index (χ4n) is 2.02. The molecule has 0 amide bonds. The van der Waals surface area contributed by atoms with Crippen molar-refractivity contribution in [3.05, 3.63) is 23.7 Å². The van der Waals surface area contributed by atoms with Crippen LogP contribution in [-0.2, 0) is 4.79 Å². The number of aromatic nitrogens is 2. The molecule has 0 aliphatic carbocycles. The first kappa shape index (κ1) is 19.9. The minimum Gasteiger partial charge on any atom is -0.487 e. The fourth-order valence-corrected chi connectivity index (χ4v) is 2.75. The Balaban J connectivity index is 0.000000298. The monoisotopic (exact) mass is 390 g/mol. The third-order valence-corrected chi connectivity index (χ3v) is 4.47. The third-order valence-electron chi connectivity index (χ3n) is 3.60. The first-order valence-electron chi connectivity index (χ1n) is 7.42. The molecule has 0 unspecified atom stereocenters. The smallest absolute Gasteiger partial charge is 0.487 e. The zero-order chi connectivity index (χ0) is 19.3. The minimum absolute atomic E-state index is 0.486. The molecule has 3 rings (SSSR count). The molecule has 2 aromatic rings. The molecule has 0 spiro atoms.